The van der Waals surface area contributed by atoms with E-state index in [1.807, 2.05) is 50.2 Å². The molecule has 2 aromatic heterocycles. The predicted molar refractivity (Wildman–Crippen MR) is 93.5 cm³/mol. The van der Waals surface area contributed by atoms with E-state index in [2.05, 4.69) is 15.0 Å². The van der Waals surface area contributed by atoms with Crippen molar-refractivity contribution in [1.29, 1.82) is 0 Å². The Morgan fingerprint density at radius 2 is 2.00 bits per heavy atom. The van der Waals surface area contributed by atoms with E-state index in [-0.39, 0.29) is 5.91 Å². The van der Waals surface area contributed by atoms with Gasteiger partial charge in [-0.25, -0.2) is 4.98 Å². The topological polar surface area (TPSA) is 61.9 Å². The maximum atomic E-state index is 12.9. The fraction of sp³-hybridized carbons (Fsp3) is 0.211. The summed E-state index contributed by atoms with van der Waals surface area (Å²) in [5.41, 5.74) is 4.42. The maximum Gasteiger partial charge on any atom is 0.254 e. The zero-order valence-electron chi connectivity index (χ0n) is 14.1. The molecule has 0 saturated heterocycles. The van der Waals surface area contributed by atoms with Crippen LogP contribution in [0.5, 0.6) is 0 Å². The number of nitrogens with zero attached hydrogens (tertiary/aromatic N) is 3. The van der Waals surface area contributed by atoms with Crippen molar-refractivity contribution in [3.8, 4) is 11.4 Å². The standard InChI is InChI=1S/C19H20N4O/c1-13-10-14(2)22-15(11-13)12-23(3)19(24)17-7-5-4-6-16(17)18-20-8-9-21-18/h4-11H,12H2,1-3H3,(H,20,21). The largest absolute Gasteiger partial charge is 0.345 e. The van der Waals surface area contributed by atoms with Gasteiger partial charge in [-0.1, -0.05) is 18.2 Å². The molecule has 2 heterocycles. The molecule has 1 aromatic carbocycles. The molecule has 0 aliphatic heterocycles. The van der Waals surface area contributed by atoms with Gasteiger partial charge < -0.3 is 9.88 Å². The number of hydrogen-bond acceptors (Lipinski definition) is 3. The molecule has 0 bridgehead atoms. The second-order valence-electron chi connectivity index (χ2n) is 5.92. The summed E-state index contributed by atoms with van der Waals surface area (Å²) in [5, 5.41) is 0. The van der Waals surface area contributed by atoms with E-state index < -0.39 is 0 Å². The van der Waals surface area contributed by atoms with Gasteiger partial charge in [0, 0.05) is 30.7 Å². The van der Waals surface area contributed by atoms with Gasteiger partial charge in [0.15, 0.2) is 0 Å². The summed E-state index contributed by atoms with van der Waals surface area (Å²) in [6.07, 6.45) is 3.43. The Morgan fingerprint density at radius 1 is 1.21 bits per heavy atom. The highest BCUT2D eigenvalue weighted by atomic mass is 16.2. The summed E-state index contributed by atoms with van der Waals surface area (Å²) in [5.74, 6) is 0.639. The fourth-order valence-electron chi connectivity index (χ4n) is 2.82. The van der Waals surface area contributed by atoms with Crippen LogP contribution >= 0.6 is 0 Å². The van der Waals surface area contributed by atoms with Crippen LogP contribution in [0.3, 0.4) is 0 Å². The molecule has 5 nitrogen and oxygen atoms in total. The number of imidazole rings is 1. The molecular weight excluding hydrogens is 300 g/mol. The molecule has 0 radical (unpaired) electrons. The zero-order chi connectivity index (χ0) is 17.1. The first-order valence-corrected chi connectivity index (χ1v) is 7.83. The average molecular weight is 320 g/mol. The number of carbonyl (C=O) groups excluding carboxylic acids is 1. The van der Waals surface area contributed by atoms with E-state index in [0.29, 0.717) is 17.9 Å². The molecule has 3 aromatic rings. The quantitative estimate of drug-likeness (QED) is 0.802. The highest BCUT2D eigenvalue weighted by molar-refractivity contribution is 5.99. The number of pyridine rings is 1. The van der Waals surface area contributed by atoms with E-state index >= 15 is 0 Å². The molecule has 3 rings (SSSR count). The van der Waals surface area contributed by atoms with E-state index in [4.69, 9.17) is 0 Å². The normalized spacial score (nSPS) is 10.6. The van der Waals surface area contributed by atoms with Crippen molar-refractivity contribution in [2.24, 2.45) is 0 Å². The van der Waals surface area contributed by atoms with Gasteiger partial charge in [0.05, 0.1) is 17.8 Å². The van der Waals surface area contributed by atoms with Crippen LogP contribution in [-0.2, 0) is 6.54 Å². The summed E-state index contributed by atoms with van der Waals surface area (Å²) in [7, 11) is 1.79. The van der Waals surface area contributed by atoms with Crippen molar-refractivity contribution in [2.45, 2.75) is 20.4 Å². The molecule has 1 N–H and O–H groups in total. The number of carbonyl (C=O) groups is 1. The Kier molecular flexibility index (Phi) is 4.42. The number of aromatic amines is 1. The molecule has 0 aliphatic rings. The first kappa shape index (κ1) is 15.9. The number of nitrogens with one attached hydrogen (secondary N) is 1. The molecule has 24 heavy (non-hydrogen) atoms. The van der Waals surface area contributed by atoms with Gasteiger partial charge >= 0.3 is 0 Å². The molecule has 0 atom stereocenters. The molecule has 5 heteroatoms. The van der Waals surface area contributed by atoms with E-state index in [0.717, 1.165) is 22.5 Å². The van der Waals surface area contributed by atoms with Gasteiger partial charge in [-0.3, -0.25) is 9.78 Å². The second-order valence-corrected chi connectivity index (χ2v) is 5.92. The minimum Gasteiger partial charge on any atom is -0.345 e. The maximum absolute atomic E-state index is 12.9. The number of hydrogen-bond donors (Lipinski definition) is 1. The van der Waals surface area contributed by atoms with Gasteiger partial charge in [0.1, 0.15) is 5.82 Å². The number of aryl methyl sites for hydroxylation is 2. The molecule has 122 valence electrons. The monoisotopic (exact) mass is 320 g/mol. The number of rotatable bonds is 4. The van der Waals surface area contributed by atoms with Gasteiger partial charge in [-0.05, 0) is 37.6 Å². The molecular formula is C19H20N4O. The van der Waals surface area contributed by atoms with Gasteiger partial charge in [0.25, 0.3) is 5.91 Å². The van der Waals surface area contributed by atoms with E-state index in [1.54, 1.807) is 24.3 Å². The minimum absolute atomic E-state index is 0.0528. The first-order chi connectivity index (χ1) is 11.5. The third-order valence-electron chi connectivity index (χ3n) is 3.81. The number of H-pyrrole nitrogens is 1. The van der Waals surface area contributed by atoms with Gasteiger partial charge in [-0.2, -0.15) is 0 Å². The average Bonchev–Trinajstić information content (AvgIpc) is 3.07. The summed E-state index contributed by atoms with van der Waals surface area (Å²) in [6.45, 7) is 4.46. The SMILES string of the molecule is Cc1cc(C)nc(CN(C)C(=O)c2ccccc2-c2ncc[nH]2)c1. The summed E-state index contributed by atoms with van der Waals surface area (Å²) >= 11 is 0. The number of benzene rings is 1. The Balaban J connectivity index is 1.86. The second kappa shape index (κ2) is 6.66. The van der Waals surface area contributed by atoms with Crippen molar-refractivity contribution in [2.75, 3.05) is 7.05 Å². The van der Waals surface area contributed by atoms with Gasteiger partial charge in [0.2, 0.25) is 0 Å². The van der Waals surface area contributed by atoms with Crippen LogP contribution in [0.2, 0.25) is 0 Å². The Bertz CT molecular complexity index is 835. The molecule has 0 aliphatic carbocycles. The lowest BCUT2D eigenvalue weighted by Crippen LogP contribution is -2.27. The lowest BCUT2D eigenvalue weighted by molar-refractivity contribution is 0.0784. The molecule has 0 spiro atoms. The molecule has 0 saturated carbocycles. The first-order valence-electron chi connectivity index (χ1n) is 7.83. The van der Waals surface area contributed by atoms with Crippen molar-refractivity contribution in [3.05, 3.63) is 71.3 Å². The Hall–Kier alpha value is -2.95. The van der Waals surface area contributed by atoms with Gasteiger partial charge in [-0.15, -0.1) is 0 Å². The van der Waals surface area contributed by atoms with Crippen LogP contribution in [0, 0.1) is 13.8 Å². The third-order valence-corrected chi connectivity index (χ3v) is 3.81. The fourth-order valence-corrected chi connectivity index (χ4v) is 2.82. The predicted octanol–water partition coefficient (Wildman–Crippen LogP) is 3.36. The van der Waals surface area contributed by atoms with Crippen LogP contribution in [0.25, 0.3) is 11.4 Å². The molecule has 0 unspecified atom stereocenters. The van der Waals surface area contributed by atoms with Crippen LogP contribution in [-0.4, -0.2) is 32.8 Å². The summed E-state index contributed by atoms with van der Waals surface area (Å²) in [6, 6.07) is 11.5. The van der Waals surface area contributed by atoms with Crippen molar-refractivity contribution >= 4 is 5.91 Å². The van der Waals surface area contributed by atoms with Crippen LogP contribution in [0.1, 0.15) is 27.3 Å². The number of amides is 1. The number of aromatic nitrogens is 3. The van der Waals surface area contributed by atoms with E-state index in [9.17, 15) is 4.79 Å². The summed E-state index contributed by atoms with van der Waals surface area (Å²) < 4.78 is 0. The van der Waals surface area contributed by atoms with Crippen molar-refractivity contribution in [1.82, 2.24) is 19.9 Å². The lowest BCUT2D eigenvalue weighted by atomic mass is 10.1. The molecule has 0 fully saturated rings. The minimum atomic E-state index is -0.0528. The zero-order valence-corrected chi connectivity index (χ0v) is 14.1. The molecule has 1 amide bonds. The highest BCUT2D eigenvalue weighted by Crippen LogP contribution is 2.21. The van der Waals surface area contributed by atoms with E-state index in [1.165, 1.54) is 0 Å². The Labute approximate surface area is 141 Å². The Morgan fingerprint density at radius 3 is 2.71 bits per heavy atom. The van der Waals surface area contributed by atoms with Crippen molar-refractivity contribution < 1.29 is 4.79 Å². The smallest absolute Gasteiger partial charge is 0.254 e. The third kappa shape index (κ3) is 3.35. The van der Waals surface area contributed by atoms with Crippen LogP contribution in [0.15, 0.2) is 48.8 Å². The van der Waals surface area contributed by atoms with Crippen molar-refractivity contribution in [3.63, 3.8) is 0 Å². The summed E-state index contributed by atoms with van der Waals surface area (Å²) in [4.78, 5) is 26.4. The highest BCUT2D eigenvalue weighted by Gasteiger charge is 2.18. The van der Waals surface area contributed by atoms with Crippen LogP contribution < -0.4 is 0 Å². The lowest BCUT2D eigenvalue weighted by Gasteiger charge is -2.19. The van der Waals surface area contributed by atoms with Crippen LogP contribution in [0.4, 0.5) is 0 Å².